The smallest absolute Gasteiger partial charge is 0.254 e. The average Bonchev–Trinajstić information content (AvgIpc) is 2.92. The molecule has 3 fully saturated rings. The number of nitrogens with zero attached hydrogens (tertiary/aromatic N) is 1. The third-order valence-corrected chi connectivity index (χ3v) is 7.33. The molecule has 2 unspecified atom stereocenters. The molecule has 0 bridgehead atoms. The number of hydrogen-bond donors (Lipinski definition) is 2. The number of carbonyl (C=O) groups excluding carboxylic acids is 1. The van der Waals surface area contributed by atoms with Gasteiger partial charge in [0.2, 0.25) is 0 Å². The molecule has 1 saturated heterocycles. The molecule has 2 saturated carbocycles. The van der Waals surface area contributed by atoms with Gasteiger partial charge in [0.15, 0.2) is 5.96 Å². The summed E-state index contributed by atoms with van der Waals surface area (Å²) in [5, 5.41) is 11.5. The van der Waals surface area contributed by atoms with Gasteiger partial charge >= 0.3 is 0 Å². The van der Waals surface area contributed by atoms with Crippen molar-refractivity contribution in [3.63, 3.8) is 0 Å². The van der Waals surface area contributed by atoms with Crippen LogP contribution in [0.5, 0.6) is 0 Å². The molecule has 5 nitrogen and oxygen atoms in total. The molecule has 0 radical (unpaired) electrons. The van der Waals surface area contributed by atoms with Crippen LogP contribution in [0.1, 0.15) is 96.8 Å². The van der Waals surface area contributed by atoms with Gasteiger partial charge in [-0.2, -0.15) is 0 Å². The number of hydrogen-bond acceptors (Lipinski definition) is 3. The Kier molecular flexibility index (Phi) is 7.78. The van der Waals surface area contributed by atoms with Crippen molar-refractivity contribution in [3.05, 3.63) is 0 Å². The molecule has 0 spiro atoms. The van der Waals surface area contributed by atoms with E-state index in [9.17, 15) is 4.79 Å². The largest absolute Gasteiger partial charge is 0.378 e. The predicted molar refractivity (Wildman–Crippen MR) is 113 cm³/mol. The van der Waals surface area contributed by atoms with E-state index < -0.39 is 5.54 Å². The van der Waals surface area contributed by atoms with E-state index in [0.717, 1.165) is 51.0 Å². The van der Waals surface area contributed by atoms with E-state index in [-0.39, 0.29) is 11.9 Å². The van der Waals surface area contributed by atoms with E-state index in [2.05, 4.69) is 12.2 Å². The molecule has 0 aromatic heterocycles. The van der Waals surface area contributed by atoms with E-state index in [0.29, 0.717) is 12.0 Å². The van der Waals surface area contributed by atoms with Crippen molar-refractivity contribution in [1.82, 2.24) is 10.2 Å². The minimum absolute atomic E-state index is 0.113. The van der Waals surface area contributed by atoms with Gasteiger partial charge in [0, 0.05) is 13.7 Å². The van der Waals surface area contributed by atoms with Gasteiger partial charge in [-0.25, -0.2) is 0 Å². The van der Waals surface area contributed by atoms with Gasteiger partial charge in [0.1, 0.15) is 5.54 Å². The van der Waals surface area contributed by atoms with Crippen LogP contribution in [0, 0.1) is 17.2 Å². The van der Waals surface area contributed by atoms with E-state index in [1.807, 2.05) is 0 Å². The molecule has 28 heavy (non-hydrogen) atoms. The van der Waals surface area contributed by atoms with Crippen LogP contribution in [0.25, 0.3) is 0 Å². The Morgan fingerprint density at radius 1 is 1.14 bits per heavy atom. The van der Waals surface area contributed by atoms with Crippen molar-refractivity contribution in [2.75, 3.05) is 13.7 Å². The minimum atomic E-state index is -0.556. The maximum Gasteiger partial charge on any atom is 0.254 e. The third kappa shape index (κ3) is 5.28. The van der Waals surface area contributed by atoms with Gasteiger partial charge in [-0.15, -0.1) is 0 Å². The fraction of sp³-hybridized carbons (Fsp3) is 0.913. The second-order valence-corrected chi connectivity index (χ2v) is 9.55. The minimum Gasteiger partial charge on any atom is -0.378 e. The second kappa shape index (κ2) is 10.1. The first kappa shape index (κ1) is 21.6. The molecular weight excluding hydrogens is 350 g/mol. The fourth-order valence-corrected chi connectivity index (χ4v) is 5.59. The molecule has 5 heteroatoms. The van der Waals surface area contributed by atoms with Crippen LogP contribution in [0.15, 0.2) is 0 Å². The summed E-state index contributed by atoms with van der Waals surface area (Å²) in [4.78, 5) is 14.7. The summed E-state index contributed by atoms with van der Waals surface area (Å²) in [6.45, 7) is 3.07. The molecule has 1 heterocycles. The van der Waals surface area contributed by atoms with Gasteiger partial charge in [-0.05, 0) is 50.4 Å². The van der Waals surface area contributed by atoms with Crippen LogP contribution in [-0.4, -0.2) is 42.1 Å². The van der Waals surface area contributed by atoms with E-state index >= 15 is 0 Å². The van der Waals surface area contributed by atoms with Crippen LogP contribution in [0.3, 0.4) is 0 Å². The van der Waals surface area contributed by atoms with Gasteiger partial charge < -0.3 is 10.1 Å². The number of rotatable bonds is 9. The Balaban J connectivity index is 1.62. The van der Waals surface area contributed by atoms with Crippen LogP contribution < -0.4 is 5.32 Å². The Morgan fingerprint density at radius 3 is 2.57 bits per heavy atom. The molecule has 1 aliphatic heterocycles. The zero-order valence-electron chi connectivity index (χ0n) is 18.1. The summed E-state index contributed by atoms with van der Waals surface area (Å²) in [7, 11) is 1.75. The number of amides is 1. The molecule has 3 rings (SSSR count). The van der Waals surface area contributed by atoms with Crippen molar-refractivity contribution in [1.29, 1.82) is 5.41 Å². The molecule has 2 aliphatic carbocycles. The van der Waals surface area contributed by atoms with Crippen LogP contribution >= 0.6 is 0 Å². The number of guanidine groups is 1. The van der Waals surface area contributed by atoms with Gasteiger partial charge in [-0.1, -0.05) is 58.3 Å². The summed E-state index contributed by atoms with van der Waals surface area (Å²) in [6, 6.07) is 0. The van der Waals surface area contributed by atoms with Gasteiger partial charge in [-0.3, -0.25) is 15.1 Å². The lowest BCUT2D eigenvalue weighted by Gasteiger charge is -2.36. The van der Waals surface area contributed by atoms with Crippen LogP contribution in [-0.2, 0) is 9.53 Å². The normalized spacial score (nSPS) is 32.0. The number of carbonyl (C=O) groups is 1. The fourth-order valence-electron chi connectivity index (χ4n) is 5.59. The summed E-state index contributed by atoms with van der Waals surface area (Å²) in [5.41, 5.74) is -0.556. The maximum atomic E-state index is 13.2. The van der Waals surface area contributed by atoms with E-state index in [1.54, 1.807) is 7.05 Å². The van der Waals surface area contributed by atoms with Crippen molar-refractivity contribution in [3.8, 4) is 0 Å². The van der Waals surface area contributed by atoms with Crippen LogP contribution in [0.4, 0.5) is 0 Å². The monoisotopic (exact) mass is 391 g/mol. The molecule has 3 aliphatic rings. The number of ether oxygens (including phenoxy) is 1. The zero-order valence-corrected chi connectivity index (χ0v) is 18.1. The number of likely N-dealkylation sites (N-methyl/N-ethyl adjacent to an activating group) is 1. The van der Waals surface area contributed by atoms with Crippen molar-refractivity contribution >= 4 is 11.9 Å². The highest BCUT2D eigenvalue weighted by Gasteiger charge is 2.49. The van der Waals surface area contributed by atoms with Crippen LogP contribution in [0.2, 0.25) is 0 Å². The first-order chi connectivity index (χ1) is 13.5. The molecular formula is C23H41N3O2. The zero-order chi connectivity index (χ0) is 20.0. The van der Waals surface area contributed by atoms with Gasteiger partial charge in [0.05, 0.1) is 6.10 Å². The molecule has 0 aromatic carbocycles. The van der Waals surface area contributed by atoms with Crippen molar-refractivity contribution < 1.29 is 9.53 Å². The van der Waals surface area contributed by atoms with Crippen molar-refractivity contribution in [2.45, 2.75) is 108 Å². The molecule has 1 amide bonds. The Labute approximate surface area is 171 Å². The standard InChI is InChI=1S/C23H41N3O2/c1-3-4-15-28-20-12-8-11-19(16-20)17-23(21(27)26(2)22(24)25-23)14-13-18-9-6-5-7-10-18/h18-20H,3-17H2,1-2H3,(H2,24,25)/t19?,20?,23-/m1/s1. The lowest BCUT2D eigenvalue weighted by atomic mass is 9.74. The Bertz CT molecular complexity index is 532. The summed E-state index contributed by atoms with van der Waals surface area (Å²) < 4.78 is 6.12. The highest BCUT2D eigenvalue weighted by Crippen LogP contribution is 2.38. The quantitative estimate of drug-likeness (QED) is 0.552. The maximum absolute atomic E-state index is 13.2. The molecule has 160 valence electrons. The number of unbranched alkanes of at least 4 members (excludes halogenated alkanes) is 1. The Morgan fingerprint density at radius 2 is 1.89 bits per heavy atom. The van der Waals surface area contributed by atoms with E-state index in [4.69, 9.17) is 10.1 Å². The lowest BCUT2D eigenvalue weighted by Crippen LogP contribution is -2.49. The van der Waals surface area contributed by atoms with Crippen molar-refractivity contribution in [2.24, 2.45) is 11.8 Å². The van der Waals surface area contributed by atoms with Gasteiger partial charge in [0.25, 0.3) is 5.91 Å². The second-order valence-electron chi connectivity index (χ2n) is 9.55. The summed E-state index contributed by atoms with van der Waals surface area (Å²) in [6.07, 6.45) is 16.8. The summed E-state index contributed by atoms with van der Waals surface area (Å²) >= 11 is 0. The summed E-state index contributed by atoms with van der Waals surface area (Å²) in [5.74, 6) is 1.67. The predicted octanol–water partition coefficient (Wildman–Crippen LogP) is 4.85. The lowest BCUT2D eigenvalue weighted by molar-refractivity contribution is -0.131. The molecule has 0 aromatic rings. The third-order valence-electron chi connectivity index (χ3n) is 7.33. The first-order valence-electron chi connectivity index (χ1n) is 11.8. The average molecular weight is 392 g/mol. The Hall–Kier alpha value is -1.10. The highest BCUT2D eigenvalue weighted by atomic mass is 16.5. The topological polar surface area (TPSA) is 65.4 Å². The SMILES string of the molecule is CCCCOC1CCCC(C[C@@]2(CCC3CCCCC3)NC(=N)N(C)C2=O)C1. The number of nitrogens with one attached hydrogen (secondary N) is 2. The highest BCUT2D eigenvalue weighted by molar-refractivity contribution is 6.07. The molecule has 2 N–H and O–H groups in total. The van der Waals surface area contributed by atoms with E-state index in [1.165, 1.54) is 56.3 Å². The molecule has 3 atom stereocenters. The first-order valence-corrected chi connectivity index (χ1v) is 11.8.